The molecule has 1 aromatic heterocycles. The Hall–Kier alpha value is -3.36. The van der Waals surface area contributed by atoms with Crippen molar-refractivity contribution < 1.29 is 26.3 Å². The molecule has 3 fully saturated rings. The van der Waals surface area contributed by atoms with Crippen molar-refractivity contribution in [3.05, 3.63) is 71.4 Å². The topological polar surface area (TPSA) is 40.2 Å². The zero-order valence-electron chi connectivity index (χ0n) is 20.5. The van der Waals surface area contributed by atoms with Crippen LogP contribution in [0.1, 0.15) is 35.6 Å². The van der Waals surface area contributed by atoms with Crippen LogP contribution in [-0.2, 0) is 12.4 Å². The summed E-state index contributed by atoms with van der Waals surface area (Å²) in [5.41, 5.74) is -1.62. The zero-order valence-corrected chi connectivity index (χ0v) is 21.3. The number of terminal acetylenes is 1. The van der Waals surface area contributed by atoms with Gasteiger partial charge < -0.3 is 10.6 Å². The number of hydrogen-bond donors (Lipinski definition) is 2. The first-order valence-electron chi connectivity index (χ1n) is 12.3. The number of fused-ring (bicyclic) bond motifs is 4. The van der Waals surface area contributed by atoms with E-state index in [-0.39, 0.29) is 23.1 Å². The third-order valence-corrected chi connectivity index (χ3v) is 7.77. The molecule has 0 spiro atoms. The number of hydrogen-bond acceptors (Lipinski definition) is 3. The van der Waals surface area contributed by atoms with Gasteiger partial charge in [-0.25, -0.2) is 0 Å². The molecule has 0 amide bonds. The molecule has 3 saturated heterocycles. The highest BCUT2D eigenvalue weighted by atomic mass is 32.1. The highest BCUT2D eigenvalue weighted by Crippen LogP contribution is 2.42. The van der Waals surface area contributed by atoms with Crippen molar-refractivity contribution in [2.75, 3.05) is 18.4 Å². The molecule has 2 N–H and O–H groups in total. The average Bonchev–Trinajstić information content (AvgIpc) is 2.90. The van der Waals surface area contributed by atoms with E-state index < -0.39 is 35.2 Å². The molecule has 204 valence electrons. The van der Waals surface area contributed by atoms with Crippen molar-refractivity contribution in [1.29, 1.82) is 0 Å². The van der Waals surface area contributed by atoms with Crippen LogP contribution in [0.15, 0.2) is 54.7 Å². The SMILES string of the molecule is C#CC1CN2CCC1C[C@@H]2[C@H](NC(=S)Nc1cc(C(F)(F)F)cc(C(F)(F)F)c1)c1ccnc2ccccc12. The summed E-state index contributed by atoms with van der Waals surface area (Å²) in [5.74, 6) is 3.31. The lowest BCUT2D eigenvalue weighted by Crippen LogP contribution is -2.57. The Morgan fingerprint density at radius 2 is 1.74 bits per heavy atom. The molecule has 0 aliphatic carbocycles. The number of nitrogens with zero attached hydrogens (tertiary/aromatic N) is 2. The molecule has 0 radical (unpaired) electrons. The van der Waals surface area contributed by atoms with Gasteiger partial charge in [-0.2, -0.15) is 26.3 Å². The molecular formula is C28H24F6N4S. The molecule has 39 heavy (non-hydrogen) atoms. The summed E-state index contributed by atoms with van der Waals surface area (Å²) in [6.07, 6.45) is -0.768. The van der Waals surface area contributed by atoms with E-state index in [1.165, 1.54) is 0 Å². The van der Waals surface area contributed by atoms with E-state index in [0.717, 1.165) is 35.9 Å². The van der Waals surface area contributed by atoms with Gasteiger partial charge in [-0.3, -0.25) is 9.88 Å². The van der Waals surface area contributed by atoms with Crippen LogP contribution in [-0.4, -0.2) is 34.1 Å². The maximum Gasteiger partial charge on any atom is 0.416 e. The second kappa shape index (κ2) is 10.3. The van der Waals surface area contributed by atoms with Gasteiger partial charge in [-0.1, -0.05) is 18.2 Å². The number of thiocarbonyl (C=S) groups is 1. The number of benzene rings is 2. The molecule has 0 saturated carbocycles. The van der Waals surface area contributed by atoms with Gasteiger partial charge in [0.1, 0.15) is 0 Å². The third kappa shape index (κ3) is 5.68. The summed E-state index contributed by atoms with van der Waals surface area (Å²) < 4.78 is 80.2. The van der Waals surface area contributed by atoms with Gasteiger partial charge >= 0.3 is 12.4 Å². The Morgan fingerprint density at radius 3 is 2.36 bits per heavy atom. The van der Waals surface area contributed by atoms with Crippen LogP contribution < -0.4 is 10.6 Å². The molecule has 5 atom stereocenters. The van der Waals surface area contributed by atoms with Crippen LogP contribution in [0, 0.1) is 24.2 Å². The quantitative estimate of drug-likeness (QED) is 0.212. The Morgan fingerprint density at radius 1 is 1.05 bits per heavy atom. The predicted molar refractivity (Wildman–Crippen MR) is 141 cm³/mol. The van der Waals surface area contributed by atoms with Crippen LogP contribution >= 0.6 is 12.2 Å². The van der Waals surface area contributed by atoms with Crippen molar-refractivity contribution in [1.82, 2.24) is 15.2 Å². The molecule has 3 aromatic rings. The van der Waals surface area contributed by atoms with Crippen LogP contribution in [0.25, 0.3) is 10.9 Å². The zero-order chi connectivity index (χ0) is 27.9. The van der Waals surface area contributed by atoms with E-state index in [2.05, 4.69) is 26.4 Å². The van der Waals surface area contributed by atoms with Crippen molar-refractivity contribution >= 4 is 33.9 Å². The van der Waals surface area contributed by atoms with Crippen LogP contribution in [0.4, 0.5) is 32.0 Å². The van der Waals surface area contributed by atoms with Gasteiger partial charge in [0.05, 0.1) is 22.7 Å². The lowest BCUT2D eigenvalue weighted by molar-refractivity contribution is -0.143. The van der Waals surface area contributed by atoms with Crippen molar-refractivity contribution in [2.24, 2.45) is 11.8 Å². The maximum atomic E-state index is 13.4. The molecule has 4 heterocycles. The van der Waals surface area contributed by atoms with Crippen molar-refractivity contribution in [3.8, 4) is 12.3 Å². The summed E-state index contributed by atoms with van der Waals surface area (Å²) in [5, 5.41) is 6.56. The Balaban J connectivity index is 1.49. The number of alkyl halides is 6. The van der Waals surface area contributed by atoms with Crippen LogP contribution in [0.3, 0.4) is 0 Å². The number of para-hydroxylation sites is 1. The summed E-state index contributed by atoms with van der Waals surface area (Å²) >= 11 is 5.46. The Labute approximate surface area is 226 Å². The highest BCUT2D eigenvalue weighted by molar-refractivity contribution is 7.80. The van der Waals surface area contributed by atoms with Gasteiger partial charge in [0, 0.05) is 35.8 Å². The lowest BCUT2D eigenvalue weighted by atomic mass is 9.73. The van der Waals surface area contributed by atoms with Gasteiger partial charge in [0.15, 0.2) is 5.11 Å². The molecule has 6 rings (SSSR count). The van der Waals surface area contributed by atoms with Gasteiger partial charge in [-0.05, 0) is 73.4 Å². The largest absolute Gasteiger partial charge is 0.416 e. The predicted octanol–water partition coefficient (Wildman–Crippen LogP) is 6.64. The molecule has 3 aliphatic rings. The Bertz CT molecular complexity index is 1390. The number of piperidine rings is 3. The average molecular weight is 563 g/mol. The first-order chi connectivity index (χ1) is 18.4. The minimum absolute atomic E-state index is 0.0499. The fourth-order valence-electron chi connectivity index (χ4n) is 5.71. The lowest BCUT2D eigenvalue weighted by Gasteiger charge is -2.51. The second-order valence-electron chi connectivity index (χ2n) is 9.91. The fourth-order valence-corrected chi connectivity index (χ4v) is 5.95. The summed E-state index contributed by atoms with van der Waals surface area (Å²) in [6.45, 7) is 1.53. The van der Waals surface area contributed by atoms with E-state index >= 15 is 0 Å². The molecule has 2 bridgehead atoms. The molecular weight excluding hydrogens is 538 g/mol. The molecule has 3 aliphatic heterocycles. The third-order valence-electron chi connectivity index (χ3n) is 7.55. The summed E-state index contributed by atoms with van der Waals surface area (Å²) in [4.78, 5) is 6.71. The Kier molecular flexibility index (Phi) is 7.20. The number of pyridine rings is 1. The van der Waals surface area contributed by atoms with Gasteiger partial charge in [-0.15, -0.1) is 12.3 Å². The van der Waals surface area contributed by atoms with E-state index in [1.807, 2.05) is 30.3 Å². The van der Waals surface area contributed by atoms with Crippen molar-refractivity contribution in [2.45, 2.75) is 37.3 Å². The van der Waals surface area contributed by atoms with E-state index in [4.69, 9.17) is 18.6 Å². The van der Waals surface area contributed by atoms with Crippen LogP contribution in [0.2, 0.25) is 0 Å². The van der Waals surface area contributed by atoms with Crippen molar-refractivity contribution in [3.63, 3.8) is 0 Å². The number of nitrogens with one attached hydrogen (secondary N) is 2. The minimum atomic E-state index is -4.96. The van der Waals surface area contributed by atoms with Crippen LogP contribution in [0.5, 0.6) is 0 Å². The first-order valence-corrected chi connectivity index (χ1v) is 12.8. The van der Waals surface area contributed by atoms with Gasteiger partial charge in [0.25, 0.3) is 0 Å². The standard InChI is InChI=1S/C28H24F6N4S/c1-2-16-15-38-10-8-17(16)11-24(38)25(22-7-9-35-23-6-4-3-5-21(22)23)37-26(39)36-20-13-18(27(29,30)31)12-19(14-20)28(32,33)34/h1,3-7,9,12-14,16-17,24-25H,8,10-11,15H2,(H2,36,37,39)/t16?,17?,24-,25-/m1/s1. The fraction of sp³-hybridized carbons (Fsp3) is 0.357. The number of anilines is 1. The smallest absolute Gasteiger partial charge is 0.354 e. The number of rotatable bonds is 4. The second-order valence-corrected chi connectivity index (χ2v) is 10.3. The number of aromatic nitrogens is 1. The molecule has 2 aromatic carbocycles. The highest BCUT2D eigenvalue weighted by Gasteiger charge is 2.43. The molecule has 4 nitrogen and oxygen atoms in total. The first kappa shape index (κ1) is 27.2. The molecule has 11 heteroatoms. The molecule has 3 unspecified atom stereocenters. The number of halogens is 6. The van der Waals surface area contributed by atoms with E-state index in [0.29, 0.717) is 24.6 Å². The summed E-state index contributed by atoms with van der Waals surface area (Å²) in [6, 6.07) is 10.2. The van der Waals surface area contributed by atoms with Gasteiger partial charge in [0.2, 0.25) is 0 Å². The van der Waals surface area contributed by atoms with E-state index in [1.54, 1.807) is 6.20 Å². The maximum absolute atomic E-state index is 13.4. The normalized spacial score (nSPS) is 23.7. The minimum Gasteiger partial charge on any atom is -0.354 e. The van der Waals surface area contributed by atoms with E-state index in [9.17, 15) is 26.3 Å². The monoisotopic (exact) mass is 562 g/mol. The summed E-state index contributed by atoms with van der Waals surface area (Å²) in [7, 11) is 0.